The third-order valence-electron chi connectivity index (χ3n) is 1.98. The molecule has 0 aromatic carbocycles. The standard InChI is InChI=1S/C9H20N2O3S2/c1-3-6-14-7-4-5-11-16(12,13)8(2)9(10)15/h8,11H,3-7H2,1-2H3,(H2,10,15). The normalized spacial score (nSPS) is 13.6. The van der Waals surface area contributed by atoms with Crippen LogP contribution in [-0.4, -0.2) is 38.4 Å². The van der Waals surface area contributed by atoms with Crippen LogP contribution < -0.4 is 10.5 Å². The Labute approximate surface area is 103 Å². The molecule has 0 rings (SSSR count). The van der Waals surface area contributed by atoms with E-state index < -0.39 is 15.3 Å². The summed E-state index contributed by atoms with van der Waals surface area (Å²) in [5.41, 5.74) is 5.28. The van der Waals surface area contributed by atoms with Gasteiger partial charge in [-0.1, -0.05) is 19.1 Å². The van der Waals surface area contributed by atoms with Gasteiger partial charge < -0.3 is 10.5 Å². The van der Waals surface area contributed by atoms with Crippen molar-refractivity contribution in [3.63, 3.8) is 0 Å². The van der Waals surface area contributed by atoms with Gasteiger partial charge in [0.1, 0.15) is 5.25 Å². The van der Waals surface area contributed by atoms with Gasteiger partial charge in [-0.15, -0.1) is 0 Å². The second kappa shape index (κ2) is 7.94. The minimum absolute atomic E-state index is 0.0188. The van der Waals surface area contributed by atoms with Crippen molar-refractivity contribution in [2.24, 2.45) is 5.73 Å². The van der Waals surface area contributed by atoms with E-state index in [1.54, 1.807) is 0 Å². The molecule has 0 spiro atoms. The zero-order valence-corrected chi connectivity index (χ0v) is 11.4. The van der Waals surface area contributed by atoms with E-state index in [0.29, 0.717) is 26.2 Å². The molecule has 1 atom stereocenters. The van der Waals surface area contributed by atoms with Gasteiger partial charge in [-0.3, -0.25) is 0 Å². The highest BCUT2D eigenvalue weighted by atomic mass is 32.2. The zero-order chi connectivity index (χ0) is 12.6. The van der Waals surface area contributed by atoms with Crippen molar-refractivity contribution in [2.75, 3.05) is 19.8 Å². The zero-order valence-electron chi connectivity index (χ0n) is 9.73. The van der Waals surface area contributed by atoms with Crippen LogP contribution in [0.15, 0.2) is 0 Å². The average Bonchev–Trinajstić information content (AvgIpc) is 2.22. The van der Waals surface area contributed by atoms with Crippen LogP contribution in [0.3, 0.4) is 0 Å². The Morgan fingerprint density at radius 3 is 2.62 bits per heavy atom. The van der Waals surface area contributed by atoms with Crippen molar-refractivity contribution in [1.29, 1.82) is 0 Å². The summed E-state index contributed by atoms with van der Waals surface area (Å²) in [6.45, 7) is 5.09. The van der Waals surface area contributed by atoms with Crippen LogP contribution in [0.4, 0.5) is 0 Å². The second-order valence-corrected chi connectivity index (χ2v) is 6.01. The molecule has 0 aliphatic carbocycles. The molecule has 0 radical (unpaired) electrons. The SMILES string of the molecule is CCCOCCCNS(=O)(=O)C(C)C(N)=S. The number of rotatable bonds is 9. The van der Waals surface area contributed by atoms with Gasteiger partial charge in [0.05, 0.1) is 4.99 Å². The van der Waals surface area contributed by atoms with Crippen LogP contribution in [0.1, 0.15) is 26.7 Å². The van der Waals surface area contributed by atoms with Crippen LogP contribution in [0.25, 0.3) is 0 Å². The first-order chi connectivity index (χ1) is 7.41. The maximum Gasteiger partial charge on any atom is 0.220 e. The molecule has 1 unspecified atom stereocenters. The fraction of sp³-hybridized carbons (Fsp3) is 0.889. The molecule has 0 aliphatic heterocycles. The van der Waals surface area contributed by atoms with Crippen LogP contribution in [0.5, 0.6) is 0 Å². The van der Waals surface area contributed by atoms with E-state index in [-0.39, 0.29) is 4.99 Å². The van der Waals surface area contributed by atoms with Gasteiger partial charge in [0.25, 0.3) is 0 Å². The number of nitrogens with two attached hydrogens (primary N) is 1. The fourth-order valence-electron chi connectivity index (χ4n) is 0.913. The summed E-state index contributed by atoms with van der Waals surface area (Å²) in [6.07, 6.45) is 1.60. The predicted molar refractivity (Wildman–Crippen MR) is 68.9 cm³/mol. The Kier molecular flexibility index (Phi) is 7.82. The molecular weight excluding hydrogens is 248 g/mol. The highest BCUT2D eigenvalue weighted by Crippen LogP contribution is 1.98. The highest BCUT2D eigenvalue weighted by molar-refractivity contribution is 7.93. The number of thiocarbonyl (C=S) groups is 1. The van der Waals surface area contributed by atoms with E-state index in [2.05, 4.69) is 16.9 Å². The van der Waals surface area contributed by atoms with Gasteiger partial charge in [-0.05, 0) is 19.8 Å². The predicted octanol–water partition coefficient (Wildman–Crippen LogP) is 0.397. The summed E-state index contributed by atoms with van der Waals surface area (Å²) in [4.78, 5) is -0.0188. The first kappa shape index (κ1) is 15.8. The topological polar surface area (TPSA) is 81.4 Å². The van der Waals surface area contributed by atoms with E-state index in [1.807, 2.05) is 6.92 Å². The van der Waals surface area contributed by atoms with E-state index in [9.17, 15) is 8.42 Å². The molecule has 5 nitrogen and oxygen atoms in total. The second-order valence-electron chi connectivity index (χ2n) is 3.45. The molecule has 0 saturated heterocycles. The molecular formula is C9H20N2O3S2. The molecule has 0 saturated carbocycles. The van der Waals surface area contributed by atoms with Crippen molar-refractivity contribution in [3.05, 3.63) is 0 Å². The lowest BCUT2D eigenvalue weighted by Crippen LogP contribution is -2.40. The van der Waals surface area contributed by atoms with Gasteiger partial charge >= 0.3 is 0 Å². The first-order valence-corrected chi connectivity index (χ1v) is 7.22. The average molecular weight is 268 g/mol. The molecule has 0 aromatic rings. The summed E-state index contributed by atoms with van der Waals surface area (Å²) in [5.74, 6) is 0. The Morgan fingerprint density at radius 1 is 1.50 bits per heavy atom. The van der Waals surface area contributed by atoms with Gasteiger partial charge in [-0.25, -0.2) is 13.1 Å². The van der Waals surface area contributed by atoms with Gasteiger partial charge in [-0.2, -0.15) is 0 Å². The van der Waals surface area contributed by atoms with Gasteiger partial charge in [0, 0.05) is 19.8 Å². The molecule has 0 aliphatic rings. The Hall–Kier alpha value is -0.240. The van der Waals surface area contributed by atoms with E-state index in [0.717, 1.165) is 6.42 Å². The maximum atomic E-state index is 11.5. The molecule has 0 aromatic heterocycles. The van der Waals surface area contributed by atoms with Crippen molar-refractivity contribution in [1.82, 2.24) is 4.72 Å². The molecule has 96 valence electrons. The molecule has 3 N–H and O–H groups in total. The summed E-state index contributed by atoms with van der Waals surface area (Å²) in [5, 5.41) is -0.834. The fourth-order valence-corrected chi connectivity index (χ4v) is 2.28. The lowest BCUT2D eigenvalue weighted by Gasteiger charge is -2.12. The van der Waals surface area contributed by atoms with Crippen molar-refractivity contribution >= 4 is 27.2 Å². The van der Waals surface area contributed by atoms with E-state index in [1.165, 1.54) is 6.92 Å². The summed E-state index contributed by atoms with van der Waals surface area (Å²) >= 11 is 4.64. The van der Waals surface area contributed by atoms with Crippen molar-refractivity contribution in [3.8, 4) is 0 Å². The quantitative estimate of drug-likeness (QED) is 0.467. The molecule has 16 heavy (non-hydrogen) atoms. The summed E-state index contributed by atoms with van der Waals surface area (Å²) < 4.78 is 30.7. The van der Waals surface area contributed by atoms with Gasteiger partial charge in [0.2, 0.25) is 10.0 Å². The molecule has 0 amide bonds. The monoisotopic (exact) mass is 268 g/mol. The minimum atomic E-state index is -3.42. The minimum Gasteiger partial charge on any atom is -0.392 e. The molecule has 0 heterocycles. The van der Waals surface area contributed by atoms with E-state index in [4.69, 9.17) is 10.5 Å². The number of hydrogen-bond donors (Lipinski definition) is 2. The Bertz CT molecular complexity index is 304. The molecule has 0 bridgehead atoms. The molecule has 7 heteroatoms. The van der Waals surface area contributed by atoms with Gasteiger partial charge in [0.15, 0.2) is 0 Å². The lowest BCUT2D eigenvalue weighted by molar-refractivity contribution is 0.133. The smallest absolute Gasteiger partial charge is 0.220 e. The van der Waals surface area contributed by atoms with Crippen LogP contribution in [-0.2, 0) is 14.8 Å². The number of sulfonamides is 1. The Balaban J connectivity index is 3.79. The van der Waals surface area contributed by atoms with Crippen LogP contribution in [0, 0.1) is 0 Å². The Morgan fingerprint density at radius 2 is 2.12 bits per heavy atom. The first-order valence-electron chi connectivity index (χ1n) is 5.27. The third kappa shape index (κ3) is 6.37. The maximum absolute atomic E-state index is 11.5. The van der Waals surface area contributed by atoms with Crippen LogP contribution >= 0.6 is 12.2 Å². The van der Waals surface area contributed by atoms with E-state index >= 15 is 0 Å². The largest absolute Gasteiger partial charge is 0.392 e. The molecule has 0 fully saturated rings. The van der Waals surface area contributed by atoms with Crippen molar-refractivity contribution < 1.29 is 13.2 Å². The summed E-state index contributed by atoms with van der Waals surface area (Å²) in [6, 6.07) is 0. The number of hydrogen-bond acceptors (Lipinski definition) is 4. The lowest BCUT2D eigenvalue weighted by atomic mass is 10.4. The third-order valence-corrected chi connectivity index (χ3v) is 4.28. The number of ether oxygens (including phenoxy) is 1. The van der Waals surface area contributed by atoms with Crippen molar-refractivity contribution in [2.45, 2.75) is 31.9 Å². The summed E-state index contributed by atoms with van der Waals surface area (Å²) in [7, 11) is -3.42. The van der Waals surface area contributed by atoms with Crippen LogP contribution in [0.2, 0.25) is 0 Å². The number of nitrogens with one attached hydrogen (secondary N) is 1. The highest BCUT2D eigenvalue weighted by Gasteiger charge is 2.22.